The monoisotopic (exact) mass is 255 g/mol. The average molecular weight is 255 g/mol. The molecule has 0 aliphatic heterocycles. The van der Waals surface area contributed by atoms with Gasteiger partial charge in [0, 0.05) is 5.92 Å². The van der Waals surface area contributed by atoms with E-state index >= 15 is 0 Å². The lowest BCUT2D eigenvalue weighted by atomic mass is 9.95. The minimum atomic E-state index is -1.15. The van der Waals surface area contributed by atoms with Crippen molar-refractivity contribution in [1.29, 1.82) is 0 Å². The van der Waals surface area contributed by atoms with E-state index in [1.165, 1.54) is 0 Å². The number of carbonyl (C=O) groups is 2. The Balaban J connectivity index is 2.80. The number of hydrogen-bond acceptors (Lipinski definition) is 2. The van der Waals surface area contributed by atoms with E-state index in [-0.39, 0.29) is 22.7 Å². The van der Waals surface area contributed by atoms with E-state index in [0.29, 0.717) is 6.42 Å². The fraction of sp³-hybridized carbons (Fsp3) is 0.857. The second-order valence-corrected chi connectivity index (χ2v) is 6.75. The second-order valence-electron chi connectivity index (χ2n) is 6.75. The predicted octanol–water partition coefficient (Wildman–Crippen LogP) is 2.43. The third-order valence-electron chi connectivity index (χ3n) is 4.90. The normalized spacial score (nSPS) is 24.1. The molecule has 1 saturated carbocycles. The van der Waals surface area contributed by atoms with Gasteiger partial charge in [-0.15, -0.1) is 0 Å². The molecule has 0 bridgehead atoms. The summed E-state index contributed by atoms with van der Waals surface area (Å²) in [6.45, 7) is 11.7. The van der Waals surface area contributed by atoms with Gasteiger partial charge < -0.3 is 10.4 Å². The Kier molecular flexibility index (Phi) is 3.54. The predicted molar refractivity (Wildman–Crippen MR) is 70.1 cm³/mol. The van der Waals surface area contributed by atoms with Gasteiger partial charge in [-0.05, 0) is 24.2 Å². The molecule has 0 aromatic rings. The highest BCUT2D eigenvalue weighted by Gasteiger charge is 2.68. The number of hydrogen-bond donors (Lipinski definition) is 2. The van der Waals surface area contributed by atoms with E-state index in [2.05, 4.69) is 33.0 Å². The highest BCUT2D eigenvalue weighted by Crippen LogP contribution is 2.68. The largest absolute Gasteiger partial charge is 0.480 e. The maximum absolute atomic E-state index is 12.3. The van der Waals surface area contributed by atoms with E-state index in [4.69, 9.17) is 0 Å². The zero-order chi connectivity index (χ0) is 14.4. The van der Waals surface area contributed by atoms with Gasteiger partial charge in [0.2, 0.25) is 5.91 Å². The first kappa shape index (κ1) is 15.0. The lowest BCUT2D eigenvalue weighted by molar-refractivity contribution is -0.147. The molecule has 1 aliphatic rings. The van der Waals surface area contributed by atoms with E-state index in [1.54, 1.807) is 6.92 Å². The maximum Gasteiger partial charge on any atom is 0.329 e. The summed E-state index contributed by atoms with van der Waals surface area (Å²) >= 11 is 0. The molecule has 2 N–H and O–H groups in total. The molecule has 18 heavy (non-hydrogen) atoms. The van der Waals surface area contributed by atoms with Gasteiger partial charge in [0.05, 0.1) is 0 Å². The highest BCUT2D eigenvalue weighted by molar-refractivity contribution is 5.90. The number of carbonyl (C=O) groups excluding carboxylic acids is 1. The number of amides is 1. The van der Waals surface area contributed by atoms with Crippen molar-refractivity contribution >= 4 is 11.9 Å². The minimum Gasteiger partial charge on any atom is -0.480 e. The van der Waals surface area contributed by atoms with Crippen molar-refractivity contribution in [2.75, 3.05) is 0 Å². The van der Waals surface area contributed by atoms with E-state index in [1.807, 2.05) is 6.92 Å². The molecule has 1 amide bonds. The first-order chi connectivity index (χ1) is 8.00. The van der Waals surface area contributed by atoms with Crippen molar-refractivity contribution < 1.29 is 14.7 Å². The lowest BCUT2D eigenvalue weighted by Gasteiger charge is -2.26. The molecule has 0 radical (unpaired) electrons. The van der Waals surface area contributed by atoms with Crippen LogP contribution in [-0.2, 0) is 9.59 Å². The molecule has 1 rings (SSSR count). The molecule has 0 spiro atoms. The molecule has 4 nitrogen and oxygen atoms in total. The maximum atomic E-state index is 12.3. The van der Waals surface area contributed by atoms with Crippen LogP contribution in [0.2, 0.25) is 0 Å². The lowest BCUT2D eigenvalue weighted by Crippen LogP contribution is -2.53. The average Bonchev–Trinajstić information content (AvgIpc) is 2.56. The van der Waals surface area contributed by atoms with Crippen molar-refractivity contribution in [3.05, 3.63) is 0 Å². The van der Waals surface area contributed by atoms with Crippen LogP contribution in [0.4, 0.5) is 0 Å². The molecular formula is C14H25NO3. The summed E-state index contributed by atoms with van der Waals surface area (Å²) in [7, 11) is 0. The smallest absolute Gasteiger partial charge is 0.329 e. The van der Waals surface area contributed by atoms with Crippen LogP contribution in [0.3, 0.4) is 0 Å². The van der Waals surface area contributed by atoms with Crippen LogP contribution in [0.15, 0.2) is 0 Å². The molecule has 4 heteroatoms. The Bertz CT molecular complexity index is 359. The summed E-state index contributed by atoms with van der Waals surface area (Å²) in [5.41, 5.74) is -1.29. The van der Waals surface area contributed by atoms with Crippen LogP contribution in [0.5, 0.6) is 0 Å². The zero-order valence-electron chi connectivity index (χ0n) is 12.3. The van der Waals surface area contributed by atoms with Crippen molar-refractivity contribution in [3.63, 3.8) is 0 Å². The first-order valence-corrected chi connectivity index (χ1v) is 6.56. The molecule has 0 aromatic carbocycles. The minimum absolute atomic E-state index is 0.0668. The van der Waals surface area contributed by atoms with Crippen LogP contribution in [0, 0.1) is 16.7 Å². The van der Waals surface area contributed by atoms with Gasteiger partial charge in [-0.25, -0.2) is 4.79 Å². The molecule has 1 atom stereocenters. The van der Waals surface area contributed by atoms with E-state index < -0.39 is 11.5 Å². The Hall–Kier alpha value is -1.06. The fourth-order valence-electron chi connectivity index (χ4n) is 2.92. The number of carboxylic acid groups (broad SMARTS) is 1. The van der Waals surface area contributed by atoms with Crippen molar-refractivity contribution in [2.45, 2.75) is 59.9 Å². The van der Waals surface area contributed by atoms with Crippen LogP contribution in [-0.4, -0.2) is 22.5 Å². The molecule has 0 aromatic heterocycles. The molecular weight excluding hydrogens is 230 g/mol. The Morgan fingerprint density at radius 1 is 1.22 bits per heavy atom. The number of carboxylic acids is 1. The van der Waals surface area contributed by atoms with Crippen molar-refractivity contribution in [1.82, 2.24) is 5.32 Å². The van der Waals surface area contributed by atoms with Crippen LogP contribution < -0.4 is 5.32 Å². The summed E-state index contributed by atoms with van der Waals surface area (Å²) in [4.78, 5) is 23.6. The SMILES string of the molecule is CCCC(C)(NC(=O)C1C(C)(C)C1(C)C)C(=O)O. The molecule has 1 aliphatic carbocycles. The third kappa shape index (κ3) is 2.13. The summed E-state index contributed by atoms with van der Waals surface area (Å²) < 4.78 is 0. The molecule has 1 unspecified atom stereocenters. The zero-order valence-corrected chi connectivity index (χ0v) is 12.3. The fourth-order valence-corrected chi connectivity index (χ4v) is 2.92. The molecule has 1 fully saturated rings. The number of nitrogens with one attached hydrogen (secondary N) is 1. The van der Waals surface area contributed by atoms with Crippen LogP contribution >= 0.6 is 0 Å². The summed E-state index contributed by atoms with van der Waals surface area (Å²) in [5, 5.41) is 12.0. The molecule has 0 saturated heterocycles. The van der Waals surface area contributed by atoms with Crippen LogP contribution in [0.1, 0.15) is 54.4 Å². The number of aliphatic carboxylic acids is 1. The second kappa shape index (κ2) is 4.25. The van der Waals surface area contributed by atoms with Gasteiger partial charge in [-0.3, -0.25) is 4.79 Å². The highest BCUT2D eigenvalue weighted by atomic mass is 16.4. The van der Waals surface area contributed by atoms with Crippen molar-refractivity contribution in [2.24, 2.45) is 16.7 Å². The Labute approximate surface area is 109 Å². The van der Waals surface area contributed by atoms with Crippen molar-refractivity contribution in [3.8, 4) is 0 Å². The quantitative estimate of drug-likeness (QED) is 0.793. The van der Waals surface area contributed by atoms with Gasteiger partial charge in [0.25, 0.3) is 0 Å². The molecule has 0 heterocycles. The van der Waals surface area contributed by atoms with E-state index in [9.17, 15) is 14.7 Å². The van der Waals surface area contributed by atoms with Gasteiger partial charge in [-0.1, -0.05) is 41.0 Å². The van der Waals surface area contributed by atoms with Gasteiger partial charge in [-0.2, -0.15) is 0 Å². The third-order valence-corrected chi connectivity index (χ3v) is 4.90. The summed E-state index contributed by atoms with van der Waals surface area (Å²) in [6.07, 6.45) is 1.17. The molecule has 104 valence electrons. The topological polar surface area (TPSA) is 66.4 Å². The standard InChI is InChI=1S/C14H25NO3/c1-7-8-14(6,11(17)18)15-10(16)9-12(2,3)13(9,4)5/h9H,7-8H2,1-6H3,(H,15,16)(H,17,18). The van der Waals surface area contributed by atoms with Crippen LogP contribution in [0.25, 0.3) is 0 Å². The Morgan fingerprint density at radius 2 is 1.67 bits per heavy atom. The van der Waals surface area contributed by atoms with Gasteiger partial charge in [0.1, 0.15) is 5.54 Å². The Morgan fingerprint density at radius 3 is 1.94 bits per heavy atom. The number of rotatable bonds is 5. The van der Waals surface area contributed by atoms with Gasteiger partial charge in [0.15, 0.2) is 0 Å². The summed E-state index contributed by atoms with van der Waals surface area (Å²) in [5.74, 6) is -1.21. The van der Waals surface area contributed by atoms with Gasteiger partial charge >= 0.3 is 5.97 Å². The van der Waals surface area contributed by atoms with E-state index in [0.717, 1.165) is 6.42 Å². The first-order valence-electron chi connectivity index (χ1n) is 6.56. The summed E-state index contributed by atoms with van der Waals surface area (Å²) in [6, 6.07) is 0.